The molecule has 0 aliphatic rings. The average molecular weight is 276 g/mol. The Hall–Kier alpha value is -2.74. The summed E-state index contributed by atoms with van der Waals surface area (Å²) in [5.41, 5.74) is 4.06. The van der Waals surface area contributed by atoms with Crippen molar-refractivity contribution >= 4 is 0 Å². The van der Waals surface area contributed by atoms with Crippen molar-refractivity contribution in [2.75, 3.05) is 7.11 Å². The third-order valence-corrected chi connectivity index (χ3v) is 3.45. The van der Waals surface area contributed by atoms with Crippen LogP contribution in [0.3, 0.4) is 0 Å². The molecule has 3 rings (SSSR count). The van der Waals surface area contributed by atoms with Crippen molar-refractivity contribution in [2.45, 2.75) is 0 Å². The maximum absolute atomic E-state index is 9.98. The fourth-order valence-corrected chi connectivity index (χ4v) is 2.51. The Balaban J connectivity index is 2.31. The van der Waals surface area contributed by atoms with E-state index >= 15 is 0 Å². The molecular weight excluding hydrogens is 260 g/mol. The molecule has 104 valence electrons. The van der Waals surface area contributed by atoms with E-state index in [0.29, 0.717) is 5.75 Å². The van der Waals surface area contributed by atoms with E-state index in [9.17, 15) is 5.11 Å². The minimum Gasteiger partial charge on any atom is -0.508 e. The van der Waals surface area contributed by atoms with Gasteiger partial charge in [0.1, 0.15) is 11.5 Å². The summed E-state index contributed by atoms with van der Waals surface area (Å²) in [7, 11) is 1.62. The Labute approximate surface area is 124 Å². The van der Waals surface area contributed by atoms with Crippen LogP contribution in [0.4, 0.5) is 0 Å². The first-order valence-electron chi connectivity index (χ1n) is 6.81. The summed E-state index contributed by atoms with van der Waals surface area (Å²) in [4.78, 5) is 0. The number of hydrogen-bond acceptors (Lipinski definition) is 2. The van der Waals surface area contributed by atoms with Gasteiger partial charge in [0.05, 0.1) is 7.11 Å². The molecule has 0 bridgehead atoms. The van der Waals surface area contributed by atoms with E-state index in [2.05, 4.69) is 0 Å². The van der Waals surface area contributed by atoms with Crippen LogP contribution in [0.1, 0.15) is 0 Å². The van der Waals surface area contributed by atoms with Crippen LogP contribution < -0.4 is 4.74 Å². The molecule has 0 atom stereocenters. The van der Waals surface area contributed by atoms with Crippen LogP contribution in [-0.4, -0.2) is 12.2 Å². The Bertz CT molecular complexity index is 734. The number of hydrogen-bond donors (Lipinski definition) is 1. The zero-order valence-electron chi connectivity index (χ0n) is 11.8. The van der Waals surface area contributed by atoms with E-state index in [4.69, 9.17) is 4.74 Å². The largest absolute Gasteiger partial charge is 0.508 e. The van der Waals surface area contributed by atoms with Crippen molar-refractivity contribution in [3.63, 3.8) is 0 Å². The maximum Gasteiger partial charge on any atom is 0.130 e. The molecule has 21 heavy (non-hydrogen) atoms. The molecule has 0 fully saturated rings. The highest BCUT2D eigenvalue weighted by atomic mass is 16.5. The normalized spacial score (nSPS) is 10.3. The van der Waals surface area contributed by atoms with E-state index in [1.54, 1.807) is 19.2 Å². The first-order chi connectivity index (χ1) is 10.3. The molecule has 2 nitrogen and oxygen atoms in total. The second kappa shape index (κ2) is 5.71. The van der Waals surface area contributed by atoms with Gasteiger partial charge >= 0.3 is 0 Å². The zero-order valence-corrected chi connectivity index (χ0v) is 11.8. The molecule has 0 aromatic heterocycles. The van der Waals surface area contributed by atoms with Gasteiger partial charge in [0.2, 0.25) is 0 Å². The van der Waals surface area contributed by atoms with Gasteiger partial charge in [-0.05, 0) is 22.8 Å². The van der Waals surface area contributed by atoms with E-state index in [1.165, 1.54) is 0 Å². The van der Waals surface area contributed by atoms with Crippen LogP contribution in [0.25, 0.3) is 22.3 Å². The third kappa shape index (κ3) is 2.61. The molecule has 0 saturated carbocycles. The fraction of sp³-hybridized carbons (Fsp3) is 0.0526. The predicted octanol–water partition coefficient (Wildman–Crippen LogP) is 4.73. The van der Waals surface area contributed by atoms with Crippen LogP contribution in [0.15, 0.2) is 72.8 Å². The standard InChI is InChI=1S/C19H16O2/c1-21-18-13-16(20)12-17(14-8-4-2-5-9-14)19(18)15-10-6-3-7-11-15/h2-13,20H,1H3. The number of ether oxygens (including phenoxy) is 1. The van der Waals surface area contributed by atoms with Crippen molar-refractivity contribution < 1.29 is 9.84 Å². The van der Waals surface area contributed by atoms with E-state index in [0.717, 1.165) is 22.3 Å². The fourth-order valence-electron chi connectivity index (χ4n) is 2.51. The van der Waals surface area contributed by atoms with Gasteiger partial charge in [-0.3, -0.25) is 0 Å². The van der Waals surface area contributed by atoms with Gasteiger partial charge in [-0.1, -0.05) is 60.7 Å². The molecule has 0 spiro atoms. The summed E-state index contributed by atoms with van der Waals surface area (Å²) in [6.07, 6.45) is 0. The lowest BCUT2D eigenvalue weighted by Crippen LogP contribution is -1.92. The maximum atomic E-state index is 9.98. The van der Waals surface area contributed by atoms with Gasteiger partial charge in [-0.25, -0.2) is 0 Å². The van der Waals surface area contributed by atoms with Gasteiger partial charge in [-0.15, -0.1) is 0 Å². The van der Waals surface area contributed by atoms with E-state index < -0.39 is 0 Å². The zero-order chi connectivity index (χ0) is 14.7. The van der Waals surface area contributed by atoms with Crippen LogP contribution in [0.5, 0.6) is 11.5 Å². The minimum absolute atomic E-state index is 0.199. The van der Waals surface area contributed by atoms with Gasteiger partial charge in [0, 0.05) is 11.6 Å². The monoisotopic (exact) mass is 276 g/mol. The number of rotatable bonds is 3. The molecule has 0 saturated heterocycles. The molecule has 0 radical (unpaired) electrons. The highest BCUT2D eigenvalue weighted by Gasteiger charge is 2.14. The van der Waals surface area contributed by atoms with Crippen molar-refractivity contribution in [2.24, 2.45) is 0 Å². The SMILES string of the molecule is COc1cc(O)cc(-c2ccccc2)c1-c1ccccc1. The number of benzene rings is 3. The van der Waals surface area contributed by atoms with Gasteiger partial charge in [0.15, 0.2) is 0 Å². The number of phenols is 1. The Morgan fingerprint density at radius 1 is 0.762 bits per heavy atom. The summed E-state index contributed by atoms with van der Waals surface area (Å²) in [6.45, 7) is 0. The summed E-state index contributed by atoms with van der Waals surface area (Å²) >= 11 is 0. The molecular formula is C19H16O2. The number of aromatic hydroxyl groups is 1. The highest BCUT2D eigenvalue weighted by Crippen LogP contribution is 2.41. The predicted molar refractivity (Wildman–Crippen MR) is 85.5 cm³/mol. The second-order valence-electron chi connectivity index (χ2n) is 4.80. The molecule has 0 amide bonds. The quantitative estimate of drug-likeness (QED) is 0.749. The molecule has 3 aromatic carbocycles. The summed E-state index contributed by atoms with van der Waals surface area (Å²) in [6, 6.07) is 23.5. The topological polar surface area (TPSA) is 29.5 Å². The number of phenolic OH excluding ortho intramolecular Hbond substituents is 1. The van der Waals surface area contributed by atoms with Gasteiger partial charge in [0.25, 0.3) is 0 Å². The summed E-state index contributed by atoms with van der Waals surface area (Å²) in [5.74, 6) is 0.866. The average Bonchev–Trinajstić information content (AvgIpc) is 2.55. The summed E-state index contributed by atoms with van der Waals surface area (Å²) in [5, 5.41) is 9.98. The van der Waals surface area contributed by atoms with Crippen LogP contribution in [-0.2, 0) is 0 Å². The highest BCUT2D eigenvalue weighted by molar-refractivity contribution is 5.88. The molecule has 0 unspecified atom stereocenters. The van der Waals surface area contributed by atoms with E-state index in [-0.39, 0.29) is 5.75 Å². The van der Waals surface area contributed by atoms with Crippen LogP contribution in [0, 0.1) is 0 Å². The van der Waals surface area contributed by atoms with Crippen LogP contribution in [0.2, 0.25) is 0 Å². The molecule has 0 heterocycles. The number of methoxy groups -OCH3 is 1. The lowest BCUT2D eigenvalue weighted by molar-refractivity contribution is 0.409. The lowest BCUT2D eigenvalue weighted by Gasteiger charge is -2.15. The van der Waals surface area contributed by atoms with Crippen LogP contribution >= 0.6 is 0 Å². The minimum atomic E-state index is 0.199. The molecule has 3 aromatic rings. The summed E-state index contributed by atoms with van der Waals surface area (Å²) < 4.78 is 5.48. The first-order valence-corrected chi connectivity index (χ1v) is 6.81. The first kappa shape index (κ1) is 13.3. The van der Waals surface area contributed by atoms with Gasteiger partial charge < -0.3 is 9.84 Å². The van der Waals surface area contributed by atoms with Gasteiger partial charge in [-0.2, -0.15) is 0 Å². The Kier molecular flexibility index (Phi) is 3.61. The molecule has 2 heteroatoms. The lowest BCUT2D eigenvalue weighted by atomic mass is 9.93. The van der Waals surface area contributed by atoms with Crippen molar-refractivity contribution in [1.29, 1.82) is 0 Å². The van der Waals surface area contributed by atoms with Crippen molar-refractivity contribution in [3.8, 4) is 33.8 Å². The molecule has 1 N–H and O–H groups in total. The van der Waals surface area contributed by atoms with Crippen molar-refractivity contribution in [1.82, 2.24) is 0 Å². The Morgan fingerprint density at radius 3 is 1.90 bits per heavy atom. The van der Waals surface area contributed by atoms with Crippen molar-refractivity contribution in [3.05, 3.63) is 72.8 Å². The third-order valence-electron chi connectivity index (χ3n) is 3.45. The smallest absolute Gasteiger partial charge is 0.130 e. The second-order valence-corrected chi connectivity index (χ2v) is 4.80. The molecule has 0 aliphatic carbocycles. The Morgan fingerprint density at radius 2 is 1.33 bits per heavy atom. The molecule has 0 aliphatic heterocycles. The van der Waals surface area contributed by atoms with E-state index in [1.807, 2.05) is 60.7 Å².